The van der Waals surface area contributed by atoms with Crippen molar-refractivity contribution in [3.63, 3.8) is 0 Å². The molecule has 0 fully saturated rings. The van der Waals surface area contributed by atoms with E-state index in [1.54, 1.807) is 19.1 Å². The second-order valence-electron chi connectivity index (χ2n) is 3.20. The van der Waals surface area contributed by atoms with Crippen LogP contribution in [0.5, 0.6) is 5.75 Å². The summed E-state index contributed by atoms with van der Waals surface area (Å²) in [5.41, 5.74) is 6.11. The van der Waals surface area contributed by atoms with E-state index in [4.69, 9.17) is 10.5 Å². The van der Waals surface area contributed by atoms with Crippen LogP contribution < -0.4 is 10.5 Å². The molecular formula is C10H14FNO. The first-order valence-corrected chi connectivity index (χ1v) is 4.24. The summed E-state index contributed by atoms with van der Waals surface area (Å²) in [6.45, 7) is 3.96. The van der Waals surface area contributed by atoms with Crippen molar-refractivity contribution in [1.29, 1.82) is 0 Å². The predicted molar refractivity (Wildman–Crippen MR) is 50.3 cm³/mol. The minimum Gasteiger partial charge on any atom is -0.492 e. The van der Waals surface area contributed by atoms with Crippen LogP contribution in [0, 0.1) is 12.7 Å². The molecule has 1 rings (SSSR count). The summed E-state index contributed by atoms with van der Waals surface area (Å²) >= 11 is 0. The molecular weight excluding hydrogens is 169 g/mol. The number of benzene rings is 1. The van der Waals surface area contributed by atoms with Crippen molar-refractivity contribution < 1.29 is 9.13 Å². The van der Waals surface area contributed by atoms with Crippen LogP contribution in [0.25, 0.3) is 0 Å². The van der Waals surface area contributed by atoms with E-state index in [1.807, 2.05) is 6.92 Å². The Morgan fingerprint density at radius 1 is 1.54 bits per heavy atom. The van der Waals surface area contributed by atoms with Gasteiger partial charge in [-0.25, -0.2) is 4.39 Å². The normalized spacial score (nSPS) is 12.6. The Bertz CT molecular complexity index is 286. The highest BCUT2D eigenvalue weighted by Crippen LogP contribution is 2.15. The lowest BCUT2D eigenvalue weighted by Gasteiger charge is -2.08. The zero-order valence-corrected chi connectivity index (χ0v) is 7.88. The molecule has 0 aliphatic heterocycles. The lowest BCUT2D eigenvalue weighted by Crippen LogP contribution is -2.23. The van der Waals surface area contributed by atoms with E-state index in [-0.39, 0.29) is 11.9 Å². The summed E-state index contributed by atoms with van der Waals surface area (Å²) in [6, 6.07) is 4.76. The van der Waals surface area contributed by atoms with Crippen LogP contribution in [0.3, 0.4) is 0 Å². The minimum atomic E-state index is -0.248. The van der Waals surface area contributed by atoms with Crippen LogP contribution >= 0.6 is 0 Å². The molecule has 13 heavy (non-hydrogen) atoms. The summed E-state index contributed by atoms with van der Waals surface area (Å²) in [5.74, 6) is 0.280. The van der Waals surface area contributed by atoms with E-state index in [2.05, 4.69) is 0 Å². The van der Waals surface area contributed by atoms with Crippen molar-refractivity contribution in [2.24, 2.45) is 5.73 Å². The molecule has 0 spiro atoms. The second kappa shape index (κ2) is 4.23. The molecule has 0 aliphatic carbocycles. The fourth-order valence-corrected chi connectivity index (χ4v) is 0.891. The Hall–Kier alpha value is -1.09. The van der Waals surface area contributed by atoms with Gasteiger partial charge in [-0.2, -0.15) is 0 Å². The third-order valence-electron chi connectivity index (χ3n) is 1.66. The molecule has 0 bridgehead atoms. The lowest BCUT2D eigenvalue weighted by atomic mass is 10.2. The van der Waals surface area contributed by atoms with Gasteiger partial charge in [0, 0.05) is 12.1 Å². The Kier molecular flexibility index (Phi) is 3.25. The average Bonchev–Trinajstić information content (AvgIpc) is 2.07. The minimum absolute atomic E-state index is 0.0376. The second-order valence-corrected chi connectivity index (χ2v) is 3.20. The summed E-state index contributed by atoms with van der Waals surface area (Å²) in [6.07, 6.45) is 0. The zero-order chi connectivity index (χ0) is 9.84. The maximum Gasteiger partial charge on any atom is 0.129 e. The van der Waals surface area contributed by atoms with Crippen LogP contribution in [0.15, 0.2) is 18.2 Å². The number of hydrogen-bond acceptors (Lipinski definition) is 2. The molecule has 72 valence electrons. The molecule has 0 unspecified atom stereocenters. The van der Waals surface area contributed by atoms with E-state index in [1.165, 1.54) is 6.07 Å². The van der Waals surface area contributed by atoms with E-state index < -0.39 is 0 Å². The molecule has 0 aromatic heterocycles. The lowest BCUT2D eigenvalue weighted by molar-refractivity contribution is 0.295. The van der Waals surface area contributed by atoms with Gasteiger partial charge in [-0.05, 0) is 25.5 Å². The number of hydrogen-bond donors (Lipinski definition) is 1. The van der Waals surface area contributed by atoms with Crippen LogP contribution in [-0.2, 0) is 0 Å². The van der Waals surface area contributed by atoms with Crippen LogP contribution in [0.4, 0.5) is 4.39 Å². The predicted octanol–water partition coefficient (Wildman–Crippen LogP) is 1.86. The third-order valence-corrected chi connectivity index (χ3v) is 1.66. The van der Waals surface area contributed by atoms with Gasteiger partial charge in [-0.15, -0.1) is 0 Å². The first-order chi connectivity index (χ1) is 6.09. The molecule has 2 N–H and O–H groups in total. The van der Waals surface area contributed by atoms with Gasteiger partial charge in [0.2, 0.25) is 0 Å². The Balaban J connectivity index is 2.63. The molecule has 1 aromatic carbocycles. The van der Waals surface area contributed by atoms with E-state index >= 15 is 0 Å². The Morgan fingerprint density at radius 3 is 2.77 bits per heavy atom. The maximum atomic E-state index is 13.0. The zero-order valence-electron chi connectivity index (χ0n) is 7.88. The smallest absolute Gasteiger partial charge is 0.129 e. The first kappa shape index (κ1) is 9.99. The van der Waals surface area contributed by atoms with Gasteiger partial charge in [0.05, 0.1) is 0 Å². The number of rotatable bonds is 3. The van der Waals surface area contributed by atoms with Crippen molar-refractivity contribution in [3.05, 3.63) is 29.6 Å². The monoisotopic (exact) mass is 183 g/mol. The van der Waals surface area contributed by atoms with Crippen molar-refractivity contribution in [2.75, 3.05) is 6.61 Å². The standard InChI is InChI=1S/C10H14FNO/c1-7-3-4-9(5-10(7)11)13-6-8(2)12/h3-5,8H,6,12H2,1-2H3/t8-/m1/s1. The fraction of sp³-hybridized carbons (Fsp3) is 0.400. The topological polar surface area (TPSA) is 35.2 Å². The summed E-state index contributed by atoms with van der Waals surface area (Å²) in [4.78, 5) is 0. The van der Waals surface area contributed by atoms with Crippen LogP contribution in [0.2, 0.25) is 0 Å². The van der Waals surface area contributed by atoms with Gasteiger partial charge in [-0.3, -0.25) is 0 Å². The number of halogens is 1. The Labute approximate surface area is 77.5 Å². The van der Waals surface area contributed by atoms with Gasteiger partial charge >= 0.3 is 0 Å². The summed E-state index contributed by atoms with van der Waals surface area (Å²) in [7, 11) is 0. The molecule has 0 saturated carbocycles. The third kappa shape index (κ3) is 3.03. The first-order valence-electron chi connectivity index (χ1n) is 4.24. The molecule has 0 aliphatic rings. The number of ether oxygens (including phenoxy) is 1. The molecule has 3 heteroatoms. The maximum absolute atomic E-state index is 13.0. The van der Waals surface area contributed by atoms with Crippen LogP contribution in [-0.4, -0.2) is 12.6 Å². The highest BCUT2D eigenvalue weighted by molar-refractivity contribution is 5.27. The molecule has 1 aromatic rings. The summed E-state index contributed by atoms with van der Waals surface area (Å²) in [5, 5.41) is 0. The van der Waals surface area contributed by atoms with E-state index in [0.717, 1.165) is 0 Å². The van der Waals surface area contributed by atoms with Crippen molar-refractivity contribution >= 4 is 0 Å². The van der Waals surface area contributed by atoms with Crippen LogP contribution in [0.1, 0.15) is 12.5 Å². The molecule has 0 saturated heterocycles. The van der Waals surface area contributed by atoms with Gasteiger partial charge in [0.15, 0.2) is 0 Å². The van der Waals surface area contributed by atoms with Gasteiger partial charge in [0.1, 0.15) is 18.2 Å². The average molecular weight is 183 g/mol. The molecule has 0 amide bonds. The number of nitrogens with two attached hydrogens (primary N) is 1. The molecule has 2 nitrogen and oxygen atoms in total. The quantitative estimate of drug-likeness (QED) is 0.776. The van der Waals surface area contributed by atoms with E-state index in [9.17, 15) is 4.39 Å². The van der Waals surface area contributed by atoms with Crippen molar-refractivity contribution in [1.82, 2.24) is 0 Å². The van der Waals surface area contributed by atoms with Gasteiger partial charge in [0.25, 0.3) is 0 Å². The van der Waals surface area contributed by atoms with E-state index in [0.29, 0.717) is 17.9 Å². The highest BCUT2D eigenvalue weighted by Gasteiger charge is 2.00. The molecule has 1 atom stereocenters. The summed E-state index contributed by atoms with van der Waals surface area (Å²) < 4.78 is 18.2. The number of aryl methyl sites for hydroxylation is 1. The SMILES string of the molecule is Cc1ccc(OC[C@@H](C)N)cc1F. The Morgan fingerprint density at radius 2 is 2.23 bits per heavy atom. The van der Waals surface area contributed by atoms with Crippen molar-refractivity contribution in [3.8, 4) is 5.75 Å². The van der Waals surface area contributed by atoms with Crippen molar-refractivity contribution in [2.45, 2.75) is 19.9 Å². The van der Waals surface area contributed by atoms with Gasteiger partial charge in [-0.1, -0.05) is 6.07 Å². The largest absolute Gasteiger partial charge is 0.492 e. The molecule has 0 heterocycles. The molecule has 0 radical (unpaired) electrons. The highest BCUT2D eigenvalue weighted by atomic mass is 19.1. The van der Waals surface area contributed by atoms with Gasteiger partial charge < -0.3 is 10.5 Å². The fourth-order valence-electron chi connectivity index (χ4n) is 0.891.